The highest BCUT2D eigenvalue weighted by molar-refractivity contribution is 7.92. The average molecular weight is 251 g/mol. The van der Waals surface area contributed by atoms with Crippen molar-refractivity contribution in [3.63, 3.8) is 0 Å². The normalized spacial score (nSPS) is 23.2. The number of hydrogen-bond donors (Lipinski definition) is 0. The van der Waals surface area contributed by atoms with E-state index in [-0.39, 0.29) is 5.25 Å². The van der Waals surface area contributed by atoms with Crippen LogP contribution < -0.4 is 0 Å². The van der Waals surface area contributed by atoms with E-state index in [1.165, 1.54) is 0 Å². The van der Waals surface area contributed by atoms with Crippen molar-refractivity contribution in [1.82, 2.24) is 14.6 Å². The molecule has 0 N–H and O–H groups in total. The fourth-order valence-corrected chi connectivity index (χ4v) is 4.15. The van der Waals surface area contributed by atoms with Crippen LogP contribution in [0.25, 0.3) is 5.65 Å². The third-order valence-electron chi connectivity index (χ3n) is 3.26. The minimum absolute atomic E-state index is 0.282. The molecule has 0 radical (unpaired) electrons. The van der Waals surface area contributed by atoms with Crippen LogP contribution in [0.15, 0.2) is 24.4 Å². The Labute approximate surface area is 99.4 Å². The van der Waals surface area contributed by atoms with Crippen LogP contribution in [-0.2, 0) is 16.3 Å². The Morgan fingerprint density at radius 3 is 3.00 bits per heavy atom. The maximum absolute atomic E-state index is 11.8. The highest BCUT2D eigenvalue weighted by Crippen LogP contribution is 2.23. The van der Waals surface area contributed by atoms with E-state index < -0.39 is 9.84 Å². The van der Waals surface area contributed by atoms with E-state index in [1.54, 1.807) is 0 Å². The zero-order valence-corrected chi connectivity index (χ0v) is 10.1. The number of aromatic nitrogens is 3. The summed E-state index contributed by atoms with van der Waals surface area (Å²) in [5.41, 5.74) is 0.762. The van der Waals surface area contributed by atoms with Gasteiger partial charge in [-0.2, -0.15) is 0 Å². The molecule has 3 rings (SSSR count). The van der Waals surface area contributed by atoms with Crippen molar-refractivity contribution < 1.29 is 8.42 Å². The molecular formula is C11H13N3O2S. The third kappa shape index (κ3) is 1.82. The van der Waals surface area contributed by atoms with E-state index in [0.29, 0.717) is 12.2 Å². The van der Waals surface area contributed by atoms with Crippen molar-refractivity contribution in [2.45, 2.75) is 24.5 Å². The summed E-state index contributed by atoms with van der Waals surface area (Å²) in [5.74, 6) is 1.05. The molecule has 0 amide bonds. The number of fused-ring (bicyclic) bond motifs is 1. The molecule has 5 nitrogen and oxygen atoms in total. The molecule has 0 spiro atoms. The summed E-state index contributed by atoms with van der Waals surface area (Å²) in [4.78, 5) is 0. The van der Waals surface area contributed by atoms with Gasteiger partial charge < -0.3 is 0 Å². The predicted octanol–water partition coefficient (Wildman–Crippen LogP) is 0.849. The monoisotopic (exact) mass is 251 g/mol. The van der Waals surface area contributed by atoms with Crippen LogP contribution in [-0.4, -0.2) is 34.0 Å². The molecule has 90 valence electrons. The van der Waals surface area contributed by atoms with Gasteiger partial charge in [0.1, 0.15) is 5.82 Å². The lowest BCUT2D eigenvalue weighted by molar-refractivity contribution is 0.585. The molecule has 1 atom stereocenters. The maximum Gasteiger partial charge on any atom is 0.160 e. The lowest BCUT2D eigenvalue weighted by Crippen LogP contribution is -2.19. The van der Waals surface area contributed by atoms with E-state index in [9.17, 15) is 8.42 Å². The summed E-state index contributed by atoms with van der Waals surface area (Å²) in [6, 6.07) is 5.64. The molecule has 6 heteroatoms. The second kappa shape index (κ2) is 3.80. The number of sulfone groups is 1. The number of nitrogens with zero attached hydrogens (tertiary/aromatic N) is 3. The first-order chi connectivity index (χ1) is 8.17. The molecule has 0 aromatic carbocycles. The van der Waals surface area contributed by atoms with Crippen LogP contribution >= 0.6 is 0 Å². The molecule has 3 heterocycles. The number of rotatable bonds is 2. The average Bonchev–Trinajstić information content (AvgIpc) is 2.85. The van der Waals surface area contributed by atoms with Crippen molar-refractivity contribution in [3.05, 3.63) is 30.2 Å². The Bertz CT molecular complexity index is 648. The third-order valence-corrected chi connectivity index (χ3v) is 5.53. The minimum atomic E-state index is -2.91. The van der Waals surface area contributed by atoms with Gasteiger partial charge in [0.2, 0.25) is 0 Å². The van der Waals surface area contributed by atoms with E-state index in [4.69, 9.17) is 0 Å². The molecular weight excluding hydrogens is 238 g/mol. The lowest BCUT2D eigenvalue weighted by atomic mass is 10.2. The van der Waals surface area contributed by atoms with Gasteiger partial charge >= 0.3 is 0 Å². The van der Waals surface area contributed by atoms with Crippen LogP contribution in [0.2, 0.25) is 0 Å². The smallest absolute Gasteiger partial charge is 0.160 e. The summed E-state index contributed by atoms with van der Waals surface area (Å²) in [7, 11) is -2.91. The molecule has 1 aliphatic rings. The molecule has 1 aliphatic heterocycles. The van der Waals surface area contributed by atoms with Crippen LogP contribution in [0, 0.1) is 0 Å². The fourth-order valence-electron chi connectivity index (χ4n) is 2.32. The Morgan fingerprint density at radius 2 is 2.24 bits per heavy atom. The van der Waals surface area contributed by atoms with Crippen molar-refractivity contribution in [1.29, 1.82) is 0 Å². The summed E-state index contributed by atoms with van der Waals surface area (Å²) in [6.07, 6.45) is 3.84. The van der Waals surface area contributed by atoms with Crippen LogP contribution in [0.4, 0.5) is 0 Å². The highest BCUT2D eigenvalue weighted by Gasteiger charge is 2.32. The van der Waals surface area contributed by atoms with E-state index in [2.05, 4.69) is 10.2 Å². The Kier molecular flexibility index (Phi) is 2.39. The molecule has 0 aliphatic carbocycles. The van der Waals surface area contributed by atoms with Gasteiger partial charge in [0.25, 0.3) is 0 Å². The number of hydrogen-bond acceptors (Lipinski definition) is 4. The summed E-state index contributed by atoms with van der Waals surface area (Å²) in [5, 5.41) is 7.82. The second-order valence-corrected chi connectivity index (χ2v) is 6.78. The first kappa shape index (κ1) is 10.7. The SMILES string of the molecule is O=S1(=O)CCCC1Cc1nnc2ccccn12. The highest BCUT2D eigenvalue weighted by atomic mass is 32.2. The fraction of sp³-hybridized carbons (Fsp3) is 0.455. The van der Waals surface area contributed by atoms with Gasteiger partial charge in [0, 0.05) is 12.6 Å². The number of pyridine rings is 1. The first-order valence-corrected chi connectivity index (χ1v) is 7.38. The minimum Gasteiger partial charge on any atom is -0.286 e. The van der Waals surface area contributed by atoms with Gasteiger partial charge in [0.15, 0.2) is 15.5 Å². The van der Waals surface area contributed by atoms with Crippen LogP contribution in [0.1, 0.15) is 18.7 Å². The van der Waals surface area contributed by atoms with Crippen molar-refractivity contribution in [2.75, 3.05) is 5.75 Å². The zero-order chi connectivity index (χ0) is 11.9. The summed E-state index contributed by atoms with van der Waals surface area (Å²) in [6.45, 7) is 0. The second-order valence-electron chi connectivity index (χ2n) is 4.38. The largest absolute Gasteiger partial charge is 0.286 e. The molecule has 2 aromatic heterocycles. The Balaban J connectivity index is 1.96. The molecule has 0 saturated carbocycles. The molecule has 1 saturated heterocycles. The molecule has 1 unspecified atom stereocenters. The lowest BCUT2D eigenvalue weighted by Gasteiger charge is -2.07. The molecule has 2 aromatic rings. The van der Waals surface area contributed by atoms with Gasteiger partial charge in [-0.15, -0.1) is 10.2 Å². The van der Waals surface area contributed by atoms with E-state index >= 15 is 0 Å². The summed E-state index contributed by atoms with van der Waals surface area (Å²) < 4.78 is 25.4. The van der Waals surface area contributed by atoms with E-state index in [0.717, 1.165) is 24.3 Å². The first-order valence-electron chi connectivity index (χ1n) is 5.67. The van der Waals surface area contributed by atoms with Crippen molar-refractivity contribution in [3.8, 4) is 0 Å². The van der Waals surface area contributed by atoms with Gasteiger partial charge in [-0.05, 0) is 25.0 Å². The molecule has 1 fully saturated rings. The topological polar surface area (TPSA) is 64.3 Å². The van der Waals surface area contributed by atoms with Crippen molar-refractivity contribution in [2.24, 2.45) is 0 Å². The Hall–Kier alpha value is -1.43. The van der Waals surface area contributed by atoms with Gasteiger partial charge in [0.05, 0.1) is 11.0 Å². The van der Waals surface area contributed by atoms with Crippen LogP contribution in [0.3, 0.4) is 0 Å². The van der Waals surface area contributed by atoms with Gasteiger partial charge in [-0.1, -0.05) is 6.07 Å². The standard InChI is InChI=1S/C11H13N3O2S/c15-17(16)7-3-4-9(17)8-11-13-12-10-5-1-2-6-14(10)11/h1-2,5-6,9H,3-4,7-8H2. The predicted molar refractivity (Wildman–Crippen MR) is 63.5 cm³/mol. The molecule has 17 heavy (non-hydrogen) atoms. The van der Waals surface area contributed by atoms with Crippen molar-refractivity contribution >= 4 is 15.5 Å². The molecule has 0 bridgehead atoms. The van der Waals surface area contributed by atoms with E-state index in [1.807, 2.05) is 28.8 Å². The summed E-state index contributed by atoms with van der Waals surface area (Å²) >= 11 is 0. The Morgan fingerprint density at radius 1 is 1.35 bits per heavy atom. The maximum atomic E-state index is 11.8. The quantitative estimate of drug-likeness (QED) is 0.793. The van der Waals surface area contributed by atoms with Gasteiger partial charge in [-0.25, -0.2) is 8.42 Å². The van der Waals surface area contributed by atoms with Gasteiger partial charge in [-0.3, -0.25) is 4.40 Å². The van der Waals surface area contributed by atoms with Crippen LogP contribution in [0.5, 0.6) is 0 Å². The zero-order valence-electron chi connectivity index (χ0n) is 9.28.